The average Bonchev–Trinajstić information content (AvgIpc) is 2.93. The van der Waals surface area contributed by atoms with Crippen molar-refractivity contribution in [2.75, 3.05) is 65.7 Å². The van der Waals surface area contributed by atoms with Crippen LogP contribution < -0.4 is 9.47 Å². The van der Waals surface area contributed by atoms with Crippen LogP contribution in [0.3, 0.4) is 0 Å². The first-order chi connectivity index (χ1) is 20.7. The second kappa shape index (κ2) is 14.8. The second-order valence-corrected chi connectivity index (χ2v) is 12.3. The lowest BCUT2D eigenvalue weighted by atomic mass is 9.99. The Kier molecular flexibility index (Phi) is 10.9. The molecule has 0 bridgehead atoms. The van der Waals surface area contributed by atoms with Gasteiger partial charge in [-0.05, 0) is 74.8 Å². The van der Waals surface area contributed by atoms with Crippen molar-refractivity contribution in [2.45, 2.75) is 59.2 Å². The van der Waals surface area contributed by atoms with E-state index in [2.05, 4.69) is 21.9 Å². The number of hydrogen-bond acceptors (Lipinski definition) is 9. The summed E-state index contributed by atoms with van der Waals surface area (Å²) in [5.41, 5.74) is 5.02. The Morgan fingerprint density at radius 1 is 0.837 bits per heavy atom. The smallest absolute Gasteiger partial charge is 0.325 e. The van der Waals surface area contributed by atoms with E-state index in [0.717, 1.165) is 80.9 Å². The van der Waals surface area contributed by atoms with Gasteiger partial charge in [-0.25, -0.2) is 0 Å². The summed E-state index contributed by atoms with van der Waals surface area (Å²) in [4.78, 5) is 29.6. The zero-order chi connectivity index (χ0) is 30.3. The number of hydrogen-bond donors (Lipinski definition) is 0. The number of benzene rings is 2. The number of para-hydroxylation sites is 1. The van der Waals surface area contributed by atoms with E-state index in [0.29, 0.717) is 37.2 Å². The maximum atomic E-state index is 12.8. The van der Waals surface area contributed by atoms with E-state index in [1.165, 1.54) is 5.56 Å². The first kappa shape index (κ1) is 31.6. The molecule has 3 fully saturated rings. The number of esters is 2. The molecule has 2 aromatic rings. The minimum absolute atomic E-state index is 0.130. The molecule has 0 aromatic heterocycles. The fraction of sp³-hybridized carbons (Fsp3) is 0.588. The van der Waals surface area contributed by atoms with E-state index >= 15 is 0 Å². The van der Waals surface area contributed by atoms with Gasteiger partial charge in [0.25, 0.3) is 0 Å². The Balaban J connectivity index is 1.01. The number of likely N-dealkylation sites (tertiary alicyclic amines) is 1. The van der Waals surface area contributed by atoms with Crippen LogP contribution in [0.2, 0.25) is 0 Å². The summed E-state index contributed by atoms with van der Waals surface area (Å²) in [6.07, 6.45) is 2.89. The number of piperidine rings is 1. The lowest BCUT2D eigenvalue weighted by Gasteiger charge is -2.39. The predicted octanol–water partition coefficient (Wildman–Crippen LogP) is 3.80. The standard InChI is InChI=1S/C34H46N2O7/c1-23-6-5-7-24(2)33(23)42-31(37)19-35-11-8-29(9-12-35)40-14-10-27-16-25(3)34(26(4)17-27)43-32(38)20-36-13-15-41-30(18-36)28-21-39-22-28/h5-7,16-17,28-30H,8-15,18-22H2,1-4H3. The molecule has 1 unspecified atom stereocenters. The molecule has 9 nitrogen and oxygen atoms in total. The summed E-state index contributed by atoms with van der Waals surface area (Å²) in [5.74, 6) is 1.29. The molecule has 0 saturated carbocycles. The Morgan fingerprint density at radius 3 is 2.05 bits per heavy atom. The summed E-state index contributed by atoms with van der Waals surface area (Å²) in [5, 5.41) is 0. The van der Waals surface area contributed by atoms with E-state index in [1.54, 1.807) is 0 Å². The third-order valence-electron chi connectivity index (χ3n) is 8.71. The van der Waals surface area contributed by atoms with Gasteiger partial charge < -0.3 is 23.7 Å². The summed E-state index contributed by atoms with van der Waals surface area (Å²) in [6, 6.07) is 10.1. The monoisotopic (exact) mass is 594 g/mol. The van der Waals surface area contributed by atoms with Crippen molar-refractivity contribution >= 4 is 11.9 Å². The Hall–Kier alpha value is -2.82. The molecule has 0 radical (unpaired) electrons. The quantitative estimate of drug-likeness (QED) is 0.285. The van der Waals surface area contributed by atoms with Gasteiger partial charge >= 0.3 is 11.9 Å². The fourth-order valence-electron chi connectivity index (χ4n) is 6.17. The average molecular weight is 595 g/mol. The van der Waals surface area contributed by atoms with Crippen molar-refractivity contribution in [2.24, 2.45) is 5.92 Å². The van der Waals surface area contributed by atoms with Gasteiger partial charge in [0, 0.05) is 32.1 Å². The molecule has 5 rings (SSSR count). The van der Waals surface area contributed by atoms with Crippen LogP contribution in [0.4, 0.5) is 0 Å². The van der Waals surface area contributed by atoms with E-state index in [9.17, 15) is 9.59 Å². The molecular formula is C34H46N2O7. The third-order valence-corrected chi connectivity index (χ3v) is 8.71. The van der Waals surface area contributed by atoms with Crippen molar-refractivity contribution in [1.29, 1.82) is 0 Å². The third kappa shape index (κ3) is 8.64. The van der Waals surface area contributed by atoms with Crippen LogP contribution in [-0.2, 0) is 30.2 Å². The normalized spacial score (nSPS) is 20.5. The highest BCUT2D eigenvalue weighted by Gasteiger charge is 2.33. The highest BCUT2D eigenvalue weighted by Crippen LogP contribution is 2.27. The maximum Gasteiger partial charge on any atom is 0.325 e. The van der Waals surface area contributed by atoms with E-state index < -0.39 is 0 Å². The van der Waals surface area contributed by atoms with Gasteiger partial charge in [-0.2, -0.15) is 0 Å². The maximum absolute atomic E-state index is 12.8. The predicted molar refractivity (Wildman–Crippen MR) is 163 cm³/mol. The molecule has 0 N–H and O–H groups in total. The van der Waals surface area contributed by atoms with E-state index in [1.807, 2.05) is 45.9 Å². The van der Waals surface area contributed by atoms with Crippen molar-refractivity contribution in [3.05, 3.63) is 58.1 Å². The SMILES string of the molecule is Cc1cccc(C)c1OC(=O)CN1CCC(OCCc2cc(C)c(OC(=O)CN3CCOC(C4COC4)C3)c(C)c2)CC1. The first-order valence-corrected chi connectivity index (χ1v) is 15.6. The summed E-state index contributed by atoms with van der Waals surface area (Å²) >= 11 is 0. The summed E-state index contributed by atoms with van der Waals surface area (Å²) in [7, 11) is 0. The summed E-state index contributed by atoms with van der Waals surface area (Å²) in [6.45, 7) is 14.3. The molecule has 234 valence electrons. The number of aryl methyl sites for hydroxylation is 4. The van der Waals surface area contributed by atoms with E-state index in [-0.39, 0.29) is 30.7 Å². The number of nitrogens with zero attached hydrogens (tertiary/aromatic N) is 2. The molecule has 43 heavy (non-hydrogen) atoms. The van der Waals surface area contributed by atoms with Gasteiger partial charge in [-0.1, -0.05) is 30.3 Å². The molecule has 3 aliphatic rings. The van der Waals surface area contributed by atoms with Crippen LogP contribution in [-0.4, -0.2) is 99.6 Å². The van der Waals surface area contributed by atoms with E-state index in [4.69, 9.17) is 23.7 Å². The minimum Gasteiger partial charge on any atom is -0.425 e. The highest BCUT2D eigenvalue weighted by atomic mass is 16.5. The van der Waals surface area contributed by atoms with Crippen molar-refractivity contribution in [3.8, 4) is 11.5 Å². The number of carbonyl (C=O) groups is 2. The number of morpholine rings is 1. The summed E-state index contributed by atoms with van der Waals surface area (Å²) < 4.78 is 28.9. The van der Waals surface area contributed by atoms with Crippen LogP contribution in [0.25, 0.3) is 0 Å². The first-order valence-electron chi connectivity index (χ1n) is 15.6. The molecule has 0 aliphatic carbocycles. The van der Waals surface area contributed by atoms with Crippen LogP contribution >= 0.6 is 0 Å². The Labute approximate surface area is 255 Å². The van der Waals surface area contributed by atoms with Gasteiger partial charge in [0.05, 0.1) is 51.7 Å². The zero-order valence-corrected chi connectivity index (χ0v) is 26.1. The molecule has 9 heteroatoms. The number of ether oxygens (including phenoxy) is 5. The minimum atomic E-state index is -0.238. The molecule has 0 spiro atoms. The van der Waals surface area contributed by atoms with Crippen molar-refractivity contribution in [1.82, 2.24) is 9.80 Å². The molecule has 3 heterocycles. The molecule has 0 amide bonds. The van der Waals surface area contributed by atoms with Gasteiger partial charge in [0.15, 0.2) is 0 Å². The highest BCUT2D eigenvalue weighted by molar-refractivity contribution is 5.76. The lowest BCUT2D eigenvalue weighted by molar-refractivity contribution is -0.149. The number of rotatable bonds is 11. The van der Waals surface area contributed by atoms with Gasteiger partial charge in [0.2, 0.25) is 0 Å². The zero-order valence-electron chi connectivity index (χ0n) is 26.1. The molecular weight excluding hydrogens is 548 g/mol. The molecule has 3 saturated heterocycles. The molecule has 3 aliphatic heterocycles. The Morgan fingerprint density at radius 2 is 1.44 bits per heavy atom. The lowest BCUT2D eigenvalue weighted by Crippen LogP contribution is -2.52. The van der Waals surface area contributed by atoms with Crippen molar-refractivity contribution in [3.63, 3.8) is 0 Å². The largest absolute Gasteiger partial charge is 0.425 e. The Bertz CT molecular complexity index is 1230. The number of carbonyl (C=O) groups excluding carboxylic acids is 2. The van der Waals surface area contributed by atoms with Gasteiger partial charge in [-0.3, -0.25) is 19.4 Å². The second-order valence-electron chi connectivity index (χ2n) is 12.3. The topological polar surface area (TPSA) is 86.8 Å². The molecule has 1 atom stereocenters. The fourth-order valence-corrected chi connectivity index (χ4v) is 6.17. The van der Waals surface area contributed by atoms with Gasteiger partial charge in [0.1, 0.15) is 11.5 Å². The van der Waals surface area contributed by atoms with Crippen LogP contribution in [0.5, 0.6) is 11.5 Å². The molecule has 2 aromatic carbocycles. The van der Waals surface area contributed by atoms with Gasteiger partial charge in [-0.15, -0.1) is 0 Å². The van der Waals surface area contributed by atoms with Crippen LogP contribution in [0, 0.1) is 33.6 Å². The van der Waals surface area contributed by atoms with Crippen LogP contribution in [0.1, 0.15) is 40.7 Å². The van der Waals surface area contributed by atoms with Crippen molar-refractivity contribution < 1.29 is 33.3 Å². The van der Waals surface area contributed by atoms with Crippen LogP contribution in [0.15, 0.2) is 30.3 Å².